The first-order valence-electron chi connectivity index (χ1n) is 6.07. The molecular weight excluding hydrogens is 284 g/mol. The summed E-state index contributed by atoms with van der Waals surface area (Å²) in [6, 6.07) is 2.18. The van der Waals surface area contributed by atoms with Crippen LogP contribution in [0.25, 0.3) is 0 Å². The van der Waals surface area contributed by atoms with Gasteiger partial charge in [-0.3, -0.25) is 5.32 Å². The van der Waals surface area contributed by atoms with Crippen LogP contribution in [0.1, 0.15) is 19.3 Å². The standard InChI is InChI=1S/C13H13F2N3OS/c1-20-13(17-7-16)18-8-5-10(14)12(11(15)6-8)19-9-3-2-4-9/h5-6,9H,2-4H2,1H3,(H,17,18). The van der Waals surface area contributed by atoms with Crippen molar-refractivity contribution in [1.29, 1.82) is 5.26 Å². The minimum atomic E-state index is -0.784. The van der Waals surface area contributed by atoms with Gasteiger partial charge in [-0.05, 0) is 25.5 Å². The summed E-state index contributed by atoms with van der Waals surface area (Å²) in [4.78, 5) is 3.95. The first-order valence-corrected chi connectivity index (χ1v) is 7.30. The molecule has 7 heteroatoms. The van der Waals surface area contributed by atoms with E-state index in [1.807, 2.05) is 0 Å². The summed E-state index contributed by atoms with van der Waals surface area (Å²) >= 11 is 1.17. The lowest BCUT2D eigenvalue weighted by molar-refractivity contribution is 0.109. The van der Waals surface area contributed by atoms with Gasteiger partial charge in [-0.2, -0.15) is 5.26 Å². The van der Waals surface area contributed by atoms with Crippen LogP contribution in [0, 0.1) is 23.1 Å². The Balaban J connectivity index is 2.22. The third kappa shape index (κ3) is 3.39. The van der Waals surface area contributed by atoms with Crippen molar-refractivity contribution in [3.05, 3.63) is 23.8 Å². The maximum Gasteiger partial charge on any atom is 0.191 e. The van der Waals surface area contributed by atoms with Crippen molar-refractivity contribution in [1.82, 2.24) is 5.32 Å². The third-order valence-corrected chi connectivity index (χ3v) is 3.49. The molecule has 4 nitrogen and oxygen atoms in total. The zero-order valence-corrected chi connectivity index (χ0v) is 11.6. The van der Waals surface area contributed by atoms with E-state index in [1.165, 1.54) is 11.8 Å². The molecule has 2 rings (SSSR count). The Morgan fingerprint density at radius 3 is 2.55 bits per heavy atom. The van der Waals surface area contributed by atoms with Gasteiger partial charge >= 0.3 is 0 Å². The van der Waals surface area contributed by atoms with E-state index in [4.69, 9.17) is 10.00 Å². The van der Waals surface area contributed by atoms with Crippen LogP contribution in [0.5, 0.6) is 5.75 Å². The molecule has 1 aromatic carbocycles. The molecule has 0 atom stereocenters. The van der Waals surface area contributed by atoms with Gasteiger partial charge in [0, 0.05) is 12.1 Å². The topological polar surface area (TPSA) is 57.4 Å². The molecule has 106 valence electrons. The fourth-order valence-electron chi connectivity index (χ4n) is 1.67. The Morgan fingerprint density at radius 1 is 1.45 bits per heavy atom. The zero-order chi connectivity index (χ0) is 14.5. The van der Waals surface area contributed by atoms with Crippen molar-refractivity contribution in [3.8, 4) is 11.9 Å². The van der Waals surface area contributed by atoms with Gasteiger partial charge in [0.25, 0.3) is 0 Å². The quantitative estimate of drug-likeness (QED) is 0.402. The monoisotopic (exact) mass is 297 g/mol. The van der Waals surface area contributed by atoms with Crippen LogP contribution in [0.4, 0.5) is 14.5 Å². The van der Waals surface area contributed by atoms with Crippen molar-refractivity contribution in [2.75, 3.05) is 6.26 Å². The van der Waals surface area contributed by atoms with E-state index < -0.39 is 11.6 Å². The van der Waals surface area contributed by atoms with Gasteiger partial charge in [0.05, 0.1) is 11.8 Å². The third-order valence-electron chi connectivity index (χ3n) is 2.91. The van der Waals surface area contributed by atoms with Gasteiger partial charge in [0.1, 0.15) is 0 Å². The number of nitrogens with zero attached hydrogens (tertiary/aromatic N) is 2. The highest BCUT2D eigenvalue weighted by molar-refractivity contribution is 8.13. The zero-order valence-electron chi connectivity index (χ0n) is 10.8. The predicted octanol–water partition coefficient (Wildman–Crippen LogP) is 3.32. The number of amidine groups is 1. The predicted molar refractivity (Wildman–Crippen MR) is 74.0 cm³/mol. The summed E-state index contributed by atoms with van der Waals surface area (Å²) < 4.78 is 33.0. The molecule has 1 aromatic rings. The van der Waals surface area contributed by atoms with Crippen LogP contribution in [-0.2, 0) is 0 Å². The van der Waals surface area contributed by atoms with E-state index in [-0.39, 0.29) is 22.7 Å². The largest absolute Gasteiger partial charge is 0.484 e. The Labute approximate surface area is 119 Å². The van der Waals surface area contributed by atoms with Crippen LogP contribution in [0.15, 0.2) is 17.1 Å². The summed E-state index contributed by atoms with van der Waals surface area (Å²) in [6.07, 6.45) is 5.97. The average molecular weight is 297 g/mol. The van der Waals surface area contributed by atoms with Crippen LogP contribution in [-0.4, -0.2) is 17.5 Å². The van der Waals surface area contributed by atoms with Crippen molar-refractivity contribution >= 4 is 22.6 Å². The molecule has 20 heavy (non-hydrogen) atoms. The van der Waals surface area contributed by atoms with E-state index in [1.54, 1.807) is 12.4 Å². The van der Waals surface area contributed by atoms with Gasteiger partial charge in [0.2, 0.25) is 0 Å². The molecule has 1 fully saturated rings. The number of nitriles is 1. The molecule has 0 unspecified atom stereocenters. The van der Waals surface area contributed by atoms with E-state index >= 15 is 0 Å². The first-order chi connectivity index (χ1) is 9.63. The number of rotatable bonds is 3. The lowest BCUT2D eigenvalue weighted by Crippen LogP contribution is -2.25. The minimum Gasteiger partial charge on any atom is -0.484 e. The molecule has 1 aliphatic rings. The minimum absolute atomic E-state index is 0.0908. The summed E-state index contributed by atoms with van der Waals surface area (Å²) in [5.41, 5.74) is 0.0908. The van der Waals surface area contributed by atoms with E-state index in [0.29, 0.717) is 0 Å². The highest BCUT2D eigenvalue weighted by Gasteiger charge is 2.23. The number of halogens is 2. The lowest BCUT2D eigenvalue weighted by Gasteiger charge is -2.26. The Bertz CT molecular complexity index is 544. The Morgan fingerprint density at radius 2 is 2.10 bits per heavy atom. The molecular formula is C13H13F2N3OS. The summed E-state index contributed by atoms with van der Waals surface area (Å²) in [6.45, 7) is 0. The summed E-state index contributed by atoms with van der Waals surface area (Å²) in [5, 5.41) is 11.1. The van der Waals surface area contributed by atoms with Crippen molar-refractivity contribution in [2.24, 2.45) is 4.99 Å². The van der Waals surface area contributed by atoms with E-state index in [0.717, 1.165) is 31.4 Å². The number of hydrogen-bond donors (Lipinski definition) is 1. The van der Waals surface area contributed by atoms with Gasteiger partial charge in [-0.1, -0.05) is 11.8 Å². The maximum atomic E-state index is 13.8. The SMILES string of the molecule is CSC(=Nc1cc(F)c(OC2CCC2)c(F)c1)NC#N. The number of aliphatic imine (C=N–C) groups is 1. The van der Waals surface area contributed by atoms with Gasteiger partial charge in [-0.25, -0.2) is 13.8 Å². The normalized spacial score (nSPS) is 15.4. The van der Waals surface area contributed by atoms with Gasteiger partial charge < -0.3 is 4.74 Å². The number of hydrogen-bond acceptors (Lipinski definition) is 4. The van der Waals surface area contributed by atoms with Crippen molar-refractivity contribution in [2.45, 2.75) is 25.4 Å². The molecule has 0 amide bonds. The second-order valence-electron chi connectivity index (χ2n) is 4.27. The second kappa shape index (κ2) is 6.57. The molecule has 1 N–H and O–H groups in total. The van der Waals surface area contributed by atoms with Crippen molar-refractivity contribution in [3.63, 3.8) is 0 Å². The number of benzene rings is 1. The second-order valence-corrected chi connectivity index (χ2v) is 5.06. The van der Waals surface area contributed by atoms with E-state index in [2.05, 4.69) is 10.3 Å². The Hall–Kier alpha value is -1.81. The maximum absolute atomic E-state index is 13.8. The number of nitrogens with one attached hydrogen (secondary N) is 1. The molecule has 0 bridgehead atoms. The molecule has 1 aliphatic carbocycles. The lowest BCUT2D eigenvalue weighted by atomic mass is 9.96. The summed E-state index contributed by atoms with van der Waals surface area (Å²) in [7, 11) is 0. The molecule has 0 aromatic heterocycles. The van der Waals surface area contributed by atoms with Crippen LogP contribution < -0.4 is 10.1 Å². The van der Waals surface area contributed by atoms with Crippen LogP contribution in [0.2, 0.25) is 0 Å². The highest BCUT2D eigenvalue weighted by atomic mass is 32.2. The van der Waals surface area contributed by atoms with Crippen LogP contribution in [0.3, 0.4) is 0 Å². The highest BCUT2D eigenvalue weighted by Crippen LogP contribution is 2.32. The molecule has 0 aliphatic heterocycles. The average Bonchev–Trinajstić information content (AvgIpc) is 2.35. The fraction of sp³-hybridized carbons (Fsp3) is 0.385. The number of ether oxygens (including phenoxy) is 1. The first kappa shape index (κ1) is 14.6. The molecule has 0 heterocycles. The smallest absolute Gasteiger partial charge is 0.191 e. The van der Waals surface area contributed by atoms with Crippen molar-refractivity contribution < 1.29 is 13.5 Å². The molecule has 0 saturated heterocycles. The molecule has 1 saturated carbocycles. The number of thioether (sulfide) groups is 1. The molecule has 0 radical (unpaired) electrons. The fourth-order valence-corrected chi connectivity index (χ4v) is 2.01. The van der Waals surface area contributed by atoms with Crippen LogP contribution >= 0.6 is 11.8 Å². The Kier molecular flexibility index (Phi) is 4.79. The van der Waals surface area contributed by atoms with Gasteiger partial charge in [0.15, 0.2) is 28.7 Å². The summed E-state index contributed by atoms with van der Waals surface area (Å²) in [5.74, 6) is -1.92. The van der Waals surface area contributed by atoms with Gasteiger partial charge in [-0.15, -0.1) is 0 Å². The molecule has 0 spiro atoms. The van der Waals surface area contributed by atoms with E-state index in [9.17, 15) is 8.78 Å².